The number of halogens is 2. The molecule has 0 saturated carbocycles. The molecule has 0 aliphatic rings. The summed E-state index contributed by atoms with van der Waals surface area (Å²) < 4.78 is 0. The summed E-state index contributed by atoms with van der Waals surface area (Å²) in [4.78, 5) is 0. The first-order chi connectivity index (χ1) is 7.63. The lowest BCUT2D eigenvalue weighted by molar-refractivity contribution is 0.622. The average molecular weight is 260 g/mol. The molecule has 1 aromatic rings. The molecule has 1 N–H and O–H groups in total. The Morgan fingerprint density at radius 1 is 1.38 bits per heavy atom. The molecule has 1 aromatic carbocycles. The van der Waals surface area contributed by atoms with Crippen molar-refractivity contribution in [2.24, 2.45) is 0 Å². The molecule has 0 amide bonds. The van der Waals surface area contributed by atoms with Gasteiger partial charge in [-0.2, -0.15) is 0 Å². The van der Waals surface area contributed by atoms with Gasteiger partial charge in [-0.25, -0.2) is 0 Å². The fraction of sp³-hybridized carbons (Fsp3) is 0.538. The van der Waals surface area contributed by atoms with Crippen molar-refractivity contribution in [2.45, 2.75) is 38.6 Å². The Bertz CT molecular complexity index is 326. The van der Waals surface area contributed by atoms with Crippen molar-refractivity contribution in [2.75, 3.05) is 6.54 Å². The molecule has 1 unspecified atom stereocenters. The Balaban J connectivity index is 2.32. The molecule has 90 valence electrons. The van der Waals surface area contributed by atoms with Gasteiger partial charge in [-0.3, -0.25) is 0 Å². The minimum absolute atomic E-state index is 0.279. The molecule has 0 aliphatic carbocycles. The average Bonchev–Trinajstić information content (AvgIpc) is 2.26. The molecule has 0 fully saturated rings. The molecule has 0 aromatic heterocycles. The van der Waals surface area contributed by atoms with E-state index in [2.05, 4.69) is 24.4 Å². The lowest BCUT2D eigenvalue weighted by atomic mass is 10.1. The first kappa shape index (κ1) is 13.8. The van der Waals surface area contributed by atoms with Crippen LogP contribution in [-0.2, 0) is 6.54 Å². The van der Waals surface area contributed by atoms with E-state index < -0.39 is 0 Å². The van der Waals surface area contributed by atoms with Crippen molar-refractivity contribution in [3.63, 3.8) is 0 Å². The number of rotatable bonds is 6. The predicted octanol–water partition coefficient (Wildman–Crippen LogP) is 4.15. The molecule has 0 aliphatic heterocycles. The fourth-order valence-corrected chi connectivity index (χ4v) is 1.89. The highest BCUT2D eigenvalue weighted by molar-refractivity contribution is 6.31. The maximum atomic E-state index is 6.13. The lowest BCUT2D eigenvalue weighted by Gasteiger charge is -2.09. The van der Waals surface area contributed by atoms with Crippen LogP contribution in [0.5, 0.6) is 0 Å². The monoisotopic (exact) mass is 259 g/mol. The normalized spacial score (nSPS) is 12.8. The van der Waals surface area contributed by atoms with Gasteiger partial charge in [0.25, 0.3) is 0 Å². The van der Waals surface area contributed by atoms with Crippen LogP contribution in [0.4, 0.5) is 0 Å². The van der Waals surface area contributed by atoms with Crippen molar-refractivity contribution >= 4 is 23.2 Å². The molecule has 1 atom stereocenters. The Kier molecular flexibility index (Phi) is 6.18. The van der Waals surface area contributed by atoms with E-state index in [9.17, 15) is 0 Å². The third-order valence-electron chi connectivity index (χ3n) is 2.60. The first-order valence-corrected chi connectivity index (χ1v) is 6.54. The predicted molar refractivity (Wildman–Crippen MR) is 72.4 cm³/mol. The Hall–Kier alpha value is -0.240. The Labute approximate surface area is 108 Å². The van der Waals surface area contributed by atoms with Crippen LogP contribution < -0.4 is 5.32 Å². The summed E-state index contributed by atoms with van der Waals surface area (Å²) in [6.07, 6.45) is 2.02. The fourth-order valence-electron chi connectivity index (χ4n) is 1.48. The van der Waals surface area contributed by atoms with E-state index in [0.29, 0.717) is 0 Å². The van der Waals surface area contributed by atoms with Gasteiger partial charge in [-0.1, -0.05) is 30.7 Å². The molecule has 0 spiro atoms. The van der Waals surface area contributed by atoms with Gasteiger partial charge in [0, 0.05) is 16.9 Å². The van der Waals surface area contributed by atoms with Gasteiger partial charge in [0.2, 0.25) is 0 Å². The van der Waals surface area contributed by atoms with Crippen LogP contribution in [0.1, 0.15) is 30.9 Å². The standard InChI is InChI=1S/C13H19Cl2N/c1-3-12(14)6-7-16-9-11-5-4-10(2)8-13(11)15/h4-5,8,12,16H,3,6-7,9H2,1-2H3. The van der Waals surface area contributed by atoms with E-state index in [4.69, 9.17) is 23.2 Å². The van der Waals surface area contributed by atoms with Crippen LogP contribution in [0.3, 0.4) is 0 Å². The summed E-state index contributed by atoms with van der Waals surface area (Å²) in [5, 5.41) is 4.48. The SMILES string of the molecule is CCC(Cl)CCNCc1ccc(C)cc1Cl. The summed E-state index contributed by atoms with van der Waals surface area (Å²) >= 11 is 12.2. The van der Waals surface area contributed by atoms with E-state index in [-0.39, 0.29) is 5.38 Å². The van der Waals surface area contributed by atoms with Crippen LogP contribution in [-0.4, -0.2) is 11.9 Å². The van der Waals surface area contributed by atoms with Crippen LogP contribution in [0.2, 0.25) is 5.02 Å². The second kappa shape index (κ2) is 7.16. The van der Waals surface area contributed by atoms with Crippen molar-refractivity contribution < 1.29 is 0 Å². The third kappa shape index (κ3) is 4.73. The second-order valence-corrected chi connectivity index (χ2v) is 5.09. The number of benzene rings is 1. The topological polar surface area (TPSA) is 12.0 Å². The van der Waals surface area contributed by atoms with Gasteiger partial charge in [-0.15, -0.1) is 11.6 Å². The van der Waals surface area contributed by atoms with Gasteiger partial charge in [0.05, 0.1) is 0 Å². The van der Waals surface area contributed by atoms with Crippen molar-refractivity contribution in [1.29, 1.82) is 0 Å². The van der Waals surface area contributed by atoms with E-state index in [1.807, 2.05) is 13.0 Å². The van der Waals surface area contributed by atoms with Crippen LogP contribution >= 0.6 is 23.2 Å². The minimum Gasteiger partial charge on any atom is -0.313 e. The van der Waals surface area contributed by atoms with Gasteiger partial charge < -0.3 is 5.32 Å². The van der Waals surface area contributed by atoms with E-state index in [1.54, 1.807) is 0 Å². The van der Waals surface area contributed by atoms with Crippen LogP contribution in [0.25, 0.3) is 0 Å². The maximum absolute atomic E-state index is 6.13. The highest BCUT2D eigenvalue weighted by Crippen LogP contribution is 2.17. The highest BCUT2D eigenvalue weighted by atomic mass is 35.5. The largest absolute Gasteiger partial charge is 0.313 e. The molecule has 0 saturated heterocycles. The zero-order chi connectivity index (χ0) is 12.0. The number of alkyl halides is 1. The van der Waals surface area contributed by atoms with Crippen molar-refractivity contribution in [3.05, 3.63) is 34.3 Å². The number of aryl methyl sites for hydroxylation is 1. The van der Waals surface area contributed by atoms with Gasteiger partial charge in [-0.05, 0) is 43.5 Å². The zero-order valence-corrected chi connectivity index (χ0v) is 11.4. The molecule has 0 radical (unpaired) electrons. The van der Waals surface area contributed by atoms with E-state index in [0.717, 1.165) is 36.5 Å². The third-order valence-corrected chi connectivity index (χ3v) is 3.48. The van der Waals surface area contributed by atoms with Crippen LogP contribution in [0.15, 0.2) is 18.2 Å². The van der Waals surface area contributed by atoms with Crippen LogP contribution in [0, 0.1) is 6.92 Å². The quantitative estimate of drug-likeness (QED) is 0.598. The summed E-state index contributed by atoms with van der Waals surface area (Å²) in [7, 11) is 0. The summed E-state index contributed by atoms with van der Waals surface area (Å²) in [6, 6.07) is 6.15. The maximum Gasteiger partial charge on any atom is 0.0453 e. The second-order valence-electron chi connectivity index (χ2n) is 4.07. The molecule has 0 bridgehead atoms. The molecule has 0 heterocycles. The van der Waals surface area contributed by atoms with Crippen molar-refractivity contribution in [3.8, 4) is 0 Å². The molecule has 1 rings (SSSR count). The Morgan fingerprint density at radius 3 is 2.75 bits per heavy atom. The van der Waals surface area contributed by atoms with Gasteiger partial charge in [0.1, 0.15) is 0 Å². The van der Waals surface area contributed by atoms with Crippen molar-refractivity contribution in [1.82, 2.24) is 5.32 Å². The number of hydrogen-bond donors (Lipinski definition) is 1. The summed E-state index contributed by atoms with van der Waals surface area (Å²) in [6.45, 7) is 5.90. The minimum atomic E-state index is 0.279. The number of nitrogens with one attached hydrogen (secondary N) is 1. The van der Waals surface area contributed by atoms with E-state index >= 15 is 0 Å². The van der Waals surface area contributed by atoms with Gasteiger partial charge >= 0.3 is 0 Å². The lowest BCUT2D eigenvalue weighted by Crippen LogP contribution is -2.18. The molecular formula is C13H19Cl2N. The zero-order valence-electron chi connectivity index (χ0n) is 9.89. The summed E-state index contributed by atoms with van der Waals surface area (Å²) in [5.74, 6) is 0. The molecular weight excluding hydrogens is 241 g/mol. The molecule has 16 heavy (non-hydrogen) atoms. The highest BCUT2D eigenvalue weighted by Gasteiger charge is 2.02. The van der Waals surface area contributed by atoms with Gasteiger partial charge in [0.15, 0.2) is 0 Å². The molecule has 3 heteroatoms. The smallest absolute Gasteiger partial charge is 0.0453 e. The number of hydrogen-bond acceptors (Lipinski definition) is 1. The molecule has 1 nitrogen and oxygen atoms in total. The summed E-state index contributed by atoms with van der Waals surface area (Å²) in [5.41, 5.74) is 2.34. The Morgan fingerprint density at radius 2 is 2.12 bits per heavy atom. The van der Waals surface area contributed by atoms with E-state index in [1.165, 1.54) is 5.56 Å². The first-order valence-electron chi connectivity index (χ1n) is 5.73.